The van der Waals surface area contributed by atoms with Crippen molar-refractivity contribution in [3.63, 3.8) is 0 Å². The van der Waals surface area contributed by atoms with Gasteiger partial charge in [-0.15, -0.1) is 0 Å². The van der Waals surface area contributed by atoms with Gasteiger partial charge >= 0.3 is 0 Å². The Bertz CT molecular complexity index is 3920. The van der Waals surface area contributed by atoms with E-state index < -0.39 is 0 Å². The Labute approximate surface area is 376 Å². The van der Waals surface area contributed by atoms with E-state index in [2.05, 4.69) is 223 Å². The summed E-state index contributed by atoms with van der Waals surface area (Å²) in [6.07, 6.45) is 0. The van der Waals surface area contributed by atoms with Crippen molar-refractivity contribution < 1.29 is 0 Å². The number of para-hydroxylation sites is 2. The molecule has 2 heterocycles. The first-order valence-electron chi connectivity index (χ1n) is 22.2. The fraction of sp³-hybridized carbons (Fsp3) is 0. The van der Waals surface area contributed by atoms with Crippen LogP contribution in [0.2, 0.25) is 0 Å². The Balaban J connectivity index is 0.844. The number of hydrogen-bond acceptors (Lipinski definition) is 2. The number of aromatic nitrogens is 3. The molecule has 65 heavy (non-hydrogen) atoms. The molecule has 2 aromatic heterocycles. The summed E-state index contributed by atoms with van der Waals surface area (Å²) in [5.41, 5.74) is 13.2. The quantitative estimate of drug-likeness (QED) is 0.123. The first-order chi connectivity index (χ1) is 32.2. The van der Waals surface area contributed by atoms with E-state index in [4.69, 9.17) is 9.97 Å². The highest BCUT2D eigenvalue weighted by Crippen LogP contribution is 2.41. The van der Waals surface area contributed by atoms with Crippen LogP contribution in [0.25, 0.3) is 127 Å². The van der Waals surface area contributed by atoms with E-state index in [1.807, 2.05) is 18.2 Å². The van der Waals surface area contributed by atoms with Gasteiger partial charge in [-0.25, -0.2) is 9.97 Å². The summed E-state index contributed by atoms with van der Waals surface area (Å²) in [6, 6.07) is 85.3. The third-order valence-corrected chi connectivity index (χ3v) is 13.2. The molecule has 3 heteroatoms. The van der Waals surface area contributed by atoms with Crippen molar-refractivity contribution in [3.05, 3.63) is 237 Å². The number of nitrogens with zero attached hydrogens (tertiary/aromatic N) is 3. The molecule has 0 N–H and O–H groups in total. The highest BCUT2D eigenvalue weighted by Gasteiger charge is 2.16. The topological polar surface area (TPSA) is 30.7 Å². The van der Waals surface area contributed by atoms with Crippen LogP contribution in [0, 0.1) is 0 Å². The largest absolute Gasteiger partial charge is 0.309 e. The number of rotatable bonds is 6. The van der Waals surface area contributed by atoms with Crippen molar-refractivity contribution in [1.29, 1.82) is 0 Å². The average Bonchev–Trinajstić information content (AvgIpc) is 3.72. The first-order valence-corrected chi connectivity index (χ1v) is 22.2. The fourth-order valence-corrected chi connectivity index (χ4v) is 9.99. The molecule has 0 bridgehead atoms. The van der Waals surface area contributed by atoms with Crippen LogP contribution < -0.4 is 0 Å². The molecule has 0 amide bonds. The monoisotopic (exact) mass is 825 g/mol. The van der Waals surface area contributed by atoms with Crippen LogP contribution in [0.3, 0.4) is 0 Å². The van der Waals surface area contributed by atoms with Gasteiger partial charge in [0.05, 0.1) is 22.4 Å². The minimum atomic E-state index is 0.701. The lowest BCUT2D eigenvalue weighted by atomic mass is 9.89. The molecule has 13 aromatic rings. The van der Waals surface area contributed by atoms with Gasteiger partial charge in [-0.05, 0) is 114 Å². The molecule has 0 fully saturated rings. The van der Waals surface area contributed by atoms with Crippen LogP contribution in [-0.4, -0.2) is 14.5 Å². The van der Waals surface area contributed by atoms with Gasteiger partial charge in [0, 0.05) is 33.2 Å². The third-order valence-electron chi connectivity index (χ3n) is 13.2. The van der Waals surface area contributed by atoms with E-state index in [9.17, 15) is 0 Å². The van der Waals surface area contributed by atoms with Crippen LogP contribution in [0.15, 0.2) is 237 Å². The van der Waals surface area contributed by atoms with Crippen molar-refractivity contribution in [1.82, 2.24) is 14.5 Å². The van der Waals surface area contributed by atoms with E-state index in [-0.39, 0.29) is 0 Å². The van der Waals surface area contributed by atoms with Crippen molar-refractivity contribution in [3.8, 4) is 61.8 Å². The van der Waals surface area contributed by atoms with Gasteiger partial charge in [-0.3, -0.25) is 0 Å². The van der Waals surface area contributed by atoms with Crippen molar-refractivity contribution in [2.45, 2.75) is 0 Å². The minimum Gasteiger partial charge on any atom is -0.309 e. The smallest absolute Gasteiger partial charge is 0.160 e. The van der Waals surface area contributed by atoms with Crippen LogP contribution >= 0.6 is 0 Å². The summed E-state index contributed by atoms with van der Waals surface area (Å²) >= 11 is 0. The summed E-state index contributed by atoms with van der Waals surface area (Å²) in [7, 11) is 0. The van der Waals surface area contributed by atoms with Gasteiger partial charge in [-0.1, -0.05) is 188 Å². The standard InChI is InChI=1S/C62H39N3/c1-2-13-44(14-3-1)62-63-57(39-58(64-62)43-30-33-50(34-31-43)65-59-20-10-8-18-53(59)54-19-9-11-21-60(54)65)42-24-22-40(23-25-42)45-26-27-47-37-49(29-28-46(47)36-45)61-52-17-7-5-15-48(52)38-56-51-16-6-4-12-41(51)32-35-55(56)61/h1-39H. The third kappa shape index (κ3) is 6.28. The van der Waals surface area contributed by atoms with Gasteiger partial charge in [0.1, 0.15) is 0 Å². The maximum absolute atomic E-state index is 5.14. The van der Waals surface area contributed by atoms with Crippen LogP contribution in [0.5, 0.6) is 0 Å². The summed E-state index contributed by atoms with van der Waals surface area (Å²) in [6.45, 7) is 0. The van der Waals surface area contributed by atoms with Crippen molar-refractivity contribution >= 4 is 64.9 Å². The van der Waals surface area contributed by atoms with E-state index in [1.165, 1.54) is 81.6 Å². The zero-order valence-electron chi connectivity index (χ0n) is 35.4. The van der Waals surface area contributed by atoms with Gasteiger partial charge in [0.2, 0.25) is 0 Å². The zero-order chi connectivity index (χ0) is 42.8. The molecule has 0 aliphatic carbocycles. The highest BCUT2D eigenvalue weighted by molar-refractivity contribution is 6.20. The molecular formula is C62H39N3. The molecule has 302 valence electrons. The summed E-state index contributed by atoms with van der Waals surface area (Å²) in [4.78, 5) is 10.3. The highest BCUT2D eigenvalue weighted by atomic mass is 15.0. The van der Waals surface area contributed by atoms with Gasteiger partial charge in [0.15, 0.2) is 5.82 Å². The second-order valence-electron chi connectivity index (χ2n) is 17.0. The lowest BCUT2D eigenvalue weighted by molar-refractivity contribution is 1.17. The van der Waals surface area contributed by atoms with Gasteiger partial charge < -0.3 is 4.57 Å². The molecule has 0 radical (unpaired) electrons. The molecule has 0 unspecified atom stereocenters. The molecule has 0 aliphatic rings. The summed E-state index contributed by atoms with van der Waals surface area (Å²) in [5, 5.41) is 12.6. The van der Waals surface area contributed by atoms with E-state index in [1.54, 1.807) is 0 Å². The van der Waals surface area contributed by atoms with Crippen molar-refractivity contribution in [2.24, 2.45) is 0 Å². The maximum Gasteiger partial charge on any atom is 0.160 e. The lowest BCUT2D eigenvalue weighted by Gasteiger charge is -2.15. The van der Waals surface area contributed by atoms with Crippen molar-refractivity contribution in [2.75, 3.05) is 0 Å². The Kier molecular flexibility index (Phi) is 8.53. The minimum absolute atomic E-state index is 0.701. The molecular weight excluding hydrogens is 787 g/mol. The number of fused-ring (bicyclic) bond motifs is 8. The normalized spacial score (nSPS) is 11.7. The predicted molar refractivity (Wildman–Crippen MR) is 274 cm³/mol. The van der Waals surface area contributed by atoms with E-state index in [0.29, 0.717) is 5.82 Å². The Hall–Kier alpha value is -8.66. The van der Waals surface area contributed by atoms with Crippen LogP contribution in [0.1, 0.15) is 0 Å². The van der Waals surface area contributed by atoms with E-state index in [0.717, 1.165) is 39.3 Å². The van der Waals surface area contributed by atoms with Crippen LogP contribution in [-0.2, 0) is 0 Å². The predicted octanol–water partition coefficient (Wildman–Crippen LogP) is 16.5. The fourth-order valence-electron chi connectivity index (χ4n) is 9.99. The lowest BCUT2D eigenvalue weighted by Crippen LogP contribution is -1.97. The second-order valence-corrected chi connectivity index (χ2v) is 17.0. The zero-order valence-corrected chi connectivity index (χ0v) is 35.4. The molecule has 11 aromatic carbocycles. The SMILES string of the molecule is c1ccc(-c2nc(-c3ccc(-c4ccc5cc(-c6c7ccccc7cc7c6ccc6ccccc67)ccc5c4)cc3)cc(-c3ccc(-n4c5ccccc5c5ccccc54)cc3)n2)cc1. The first kappa shape index (κ1) is 36.9. The molecule has 0 saturated carbocycles. The van der Waals surface area contributed by atoms with Gasteiger partial charge in [0.25, 0.3) is 0 Å². The van der Waals surface area contributed by atoms with Crippen LogP contribution in [0.4, 0.5) is 0 Å². The summed E-state index contributed by atoms with van der Waals surface area (Å²) in [5.74, 6) is 0.701. The molecule has 13 rings (SSSR count). The molecule has 0 aliphatic heterocycles. The maximum atomic E-state index is 5.14. The summed E-state index contributed by atoms with van der Waals surface area (Å²) < 4.78 is 2.35. The van der Waals surface area contributed by atoms with E-state index >= 15 is 0 Å². The molecule has 0 saturated heterocycles. The molecule has 0 atom stereocenters. The Morgan fingerprint density at radius 2 is 0.769 bits per heavy atom. The molecule has 3 nitrogen and oxygen atoms in total. The molecule has 0 spiro atoms. The number of benzene rings is 11. The van der Waals surface area contributed by atoms with Gasteiger partial charge in [-0.2, -0.15) is 0 Å². The number of hydrogen-bond donors (Lipinski definition) is 0. The second kappa shape index (κ2) is 15.0. The Morgan fingerprint density at radius 1 is 0.262 bits per heavy atom. The average molecular weight is 826 g/mol. The Morgan fingerprint density at radius 3 is 1.46 bits per heavy atom.